The van der Waals surface area contributed by atoms with Crippen molar-refractivity contribution in [3.8, 4) is 5.69 Å². The molecule has 2 heterocycles. The Hall–Kier alpha value is -3.13. The van der Waals surface area contributed by atoms with Crippen LogP contribution in [0.2, 0.25) is 0 Å². The highest BCUT2D eigenvalue weighted by Gasteiger charge is 2.24. The van der Waals surface area contributed by atoms with E-state index in [2.05, 4.69) is 10.2 Å². The van der Waals surface area contributed by atoms with Crippen LogP contribution in [0.4, 0.5) is 0 Å². The molecule has 32 heavy (non-hydrogen) atoms. The Morgan fingerprint density at radius 2 is 1.81 bits per heavy atom. The van der Waals surface area contributed by atoms with E-state index >= 15 is 0 Å². The Kier molecular flexibility index (Phi) is 6.06. The molecule has 8 heteroatoms. The minimum absolute atomic E-state index is 0.0592. The van der Waals surface area contributed by atoms with Crippen molar-refractivity contribution >= 4 is 34.3 Å². The fourth-order valence-electron chi connectivity index (χ4n) is 3.93. The lowest BCUT2D eigenvalue weighted by molar-refractivity contribution is -0.129. The summed E-state index contributed by atoms with van der Waals surface area (Å²) in [4.78, 5) is 28.2. The zero-order valence-corrected chi connectivity index (χ0v) is 19.8. The summed E-state index contributed by atoms with van der Waals surface area (Å²) in [6.07, 6.45) is 0. The van der Waals surface area contributed by atoms with Crippen molar-refractivity contribution in [3.05, 3.63) is 63.9 Å². The van der Waals surface area contributed by atoms with E-state index in [1.807, 2.05) is 86.4 Å². The minimum atomic E-state index is -0.331. The van der Waals surface area contributed by atoms with Crippen molar-refractivity contribution in [2.45, 2.75) is 45.0 Å². The zero-order chi connectivity index (χ0) is 23.0. The zero-order valence-electron chi connectivity index (χ0n) is 19.0. The van der Waals surface area contributed by atoms with Gasteiger partial charge < -0.3 is 4.90 Å². The Labute approximate surface area is 191 Å². The van der Waals surface area contributed by atoms with E-state index in [4.69, 9.17) is 0 Å². The Morgan fingerprint density at radius 1 is 1.09 bits per heavy atom. The molecular formula is C24H27N5O2S. The number of hydrogen-bond donors (Lipinski definition) is 0. The Balaban J connectivity index is 1.95. The van der Waals surface area contributed by atoms with Crippen LogP contribution in [0.15, 0.2) is 52.4 Å². The molecule has 7 nitrogen and oxygen atoms in total. The molecule has 0 spiro atoms. The second-order valence-electron chi connectivity index (χ2n) is 7.84. The maximum atomic E-state index is 13.5. The normalized spacial score (nSPS) is 12.4. The van der Waals surface area contributed by atoms with Gasteiger partial charge in [0, 0.05) is 13.1 Å². The molecule has 0 saturated heterocycles. The van der Waals surface area contributed by atoms with E-state index in [0.717, 1.165) is 22.3 Å². The van der Waals surface area contributed by atoms with Crippen molar-refractivity contribution in [1.29, 1.82) is 0 Å². The number of fused-ring (bicyclic) bond motifs is 3. The van der Waals surface area contributed by atoms with Crippen LogP contribution in [-0.4, -0.2) is 48.3 Å². The average Bonchev–Trinajstić information content (AvgIpc) is 3.20. The van der Waals surface area contributed by atoms with Crippen molar-refractivity contribution in [3.63, 3.8) is 0 Å². The van der Waals surface area contributed by atoms with Crippen molar-refractivity contribution in [2.24, 2.45) is 0 Å². The molecule has 0 saturated carbocycles. The van der Waals surface area contributed by atoms with E-state index in [0.29, 0.717) is 29.4 Å². The summed E-state index contributed by atoms with van der Waals surface area (Å²) in [5, 5.41) is 9.64. The quantitative estimate of drug-likeness (QED) is 0.416. The van der Waals surface area contributed by atoms with E-state index < -0.39 is 0 Å². The van der Waals surface area contributed by atoms with Gasteiger partial charge in [0.2, 0.25) is 11.7 Å². The van der Waals surface area contributed by atoms with Gasteiger partial charge in [-0.15, -0.1) is 10.2 Å². The van der Waals surface area contributed by atoms with E-state index in [-0.39, 0.29) is 16.7 Å². The van der Waals surface area contributed by atoms with Gasteiger partial charge in [0.15, 0.2) is 5.16 Å². The molecule has 2 aromatic carbocycles. The lowest BCUT2D eigenvalue weighted by Gasteiger charge is -2.22. The number of aryl methyl sites for hydroxylation is 2. The molecule has 0 aliphatic rings. The van der Waals surface area contributed by atoms with Gasteiger partial charge in [0.1, 0.15) is 0 Å². The van der Waals surface area contributed by atoms with Crippen molar-refractivity contribution < 1.29 is 4.79 Å². The number of rotatable bonds is 6. The van der Waals surface area contributed by atoms with Crippen LogP contribution in [0.25, 0.3) is 22.4 Å². The third-order valence-corrected chi connectivity index (χ3v) is 6.74. The standard InChI is InChI=1S/C24H27N5O2S/c1-6-27(7-2)21(30)17(5)32-24-26-25-23-28(20-14-15(3)12-13-16(20)4)22(31)18-10-8-9-11-19(18)29(23)24/h8-14,17H,6-7H2,1-5H3. The Morgan fingerprint density at radius 3 is 2.53 bits per heavy atom. The summed E-state index contributed by atoms with van der Waals surface area (Å²) < 4.78 is 3.51. The monoisotopic (exact) mass is 449 g/mol. The van der Waals surface area contributed by atoms with E-state index in [1.54, 1.807) is 4.57 Å². The number of carbonyl (C=O) groups excluding carboxylic acids is 1. The third kappa shape index (κ3) is 3.68. The Bertz CT molecular complexity index is 1370. The summed E-state index contributed by atoms with van der Waals surface area (Å²) >= 11 is 1.36. The molecule has 0 radical (unpaired) electrons. The third-order valence-electron chi connectivity index (χ3n) is 5.71. The lowest BCUT2D eigenvalue weighted by atomic mass is 10.1. The summed E-state index contributed by atoms with van der Waals surface area (Å²) in [7, 11) is 0. The summed E-state index contributed by atoms with van der Waals surface area (Å²) in [6, 6.07) is 13.5. The maximum Gasteiger partial charge on any atom is 0.267 e. The molecule has 0 N–H and O–H groups in total. The number of nitrogens with zero attached hydrogens (tertiary/aromatic N) is 5. The van der Waals surface area contributed by atoms with Gasteiger partial charge in [-0.3, -0.25) is 14.0 Å². The number of aromatic nitrogens is 4. The SMILES string of the molecule is CCN(CC)C(=O)C(C)Sc1nnc2n(-c3cc(C)ccc3C)c(=O)c3ccccc3n12. The van der Waals surface area contributed by atoms with Crippen LogP contribution in [0, 0.1) is 13.8 Å². The average molecular weight is 450 g/mol. The first-order valence-corrected chi connectivity index (χ1v) is 11.7. The topological polar surface area (TPSA) is 72.5 Å². The number of hydrogen-bond acceptors (Lipinski definition) is 5. The molecule has 0 bridgehead atoms. The molecule has 2 aromatic heterocycles. The smallest absolute Gasteiger partial charge is 0.267 e. The number of thioether (sulfide) groups is 1. The maximum absolute atomic E-state index is 13.5. The molecule has 0 aliphatic carbocycles. The van der Waals surface area contributed by atoms with Crippen LogP contribution in [0.1, 0.15) is 31.9 Å². The number of carbonyl (C=O) groups is 1. The number of benzene rings is 2. The largest absolute Gasteiger partial charge is 0.342 e. The van der Waals surface area contributed by atoms with Crippen LogP contribution in [-0.2, 0) is 4.79 Å². The molecule has 4 rings (SSSR count). The van der Waals surface area contributed by atoms with Crippen molar-refractivity contribution in [1.82, 2.24) is 24.1 Å². The van der Waals surface area contributed by atoms with E-state index in [1.165, 1.54) is 11.8 Å². The van der Waals surface area contributed by atoms with Crippen LogP contribution < -0.4 is 5.56 Å². The summed E-state index contributed by atoms with van der Waals surface area (Å²) in [5.74, 6) is 0.497. The molecule has 0 aliphatic heterocycles. The van der Waals surface area contributed by atoms with E-state index in [9.17, 15) is 9.59 Å². The summed E-state index contributed by atoms with van der Waals surface area (Å²) in [6.45, 7) is 11.1. The molecule has 1 amide bonds. The van der Waals surface area contributed by atoms with Gasteiger partial charge in [0.25, 0.3) is 5.56 Å². The molecular weight excluding hydrogens is 422 g/mol. The van der Waals surface area contributed by atoms with Crippen molar-refractivity contribution in [2.75, 3.05) is 13.1 Å². The fraction of sp³-hybridized carbons (Fsp3) is 0.333. The predicted molar refractivity (Wildman–Crippen MR) is 129 cm³/mol. The van der Waals surface area contributed by atoms with Gasteiger partial charge in [-0.2, -0.15) is 0 Å². The van der Waals surface area contributed by atoms with Gasteiger partial charge in [-0.1, -0.05) is 36.0 Å². The second kappa shape index (κ2) is 8.78. The molecule has 1 unspecified atom stereocenters. The fourth-order valence-corrected chi connectivity index (χ4v) is 4.87. The minimum Gasteiger partial charge on any atom is -0.342 e. The van der Waals surface area contributed by atoms with Crippen LogP contribution in [0.5, 0.6) is 0 Å². The highest BCUT2D eigenvalue weighted by Crippen LogP contribution is 2.27. The second-order valence-corrected chi connectivity index (χ2v) is 9.14. The van der Waals surface area contributed by atoms with Crippen LogP contribution >= 0.6 is 11.8 Å². The summed E-state index contributed by atoms with van der Waals surface area (Å²) in [5.41, 5.74) is 3.39. The molecule has 4 aromatic rings. The molecule has 166 valence electrons. The van der Waals surface area contributed by atoms with Crippen LogP contribution in [0.3, 0.4) is 0 Å². The van der Waals surface area contributed by atoms with Gasteiger partial charge in [0.05, 0.1) is 21.8 Å². The number of para-hydroxylation sites is 1. The lowest BCUT2D eigenvalue weighted by Crippen LogP contribution is -2.36. The predicted octanol–water partition coefficient (Wildman–Crippen LogP) is 4.00. The molecule has 0 fully saturated rings. The van der Waals surface area contributed by atoms with Gasteiger partial charge in [-0.05, 0) is 63.9 Å². The number of amides is 1. The first-order chi connectivity index (χ1) is 15.4. The first-order valence-electron chi connectivity index (χ1n) is 10.8. The van der Waals surface area contributed by atoms with Gasteiger partial charge in [-0.25, -0.2) is 4.57 Å². The first kappa shape index (κ1) is 22.1. The molecule has 1 atom stereocenters. The highest BCUT2D eigenvalue weighted by molar-refractivity contribution is 8.00. The highest BCUT2D eigenvalue weighted by atomic mass is 32.2. The van der Waals surface area contributed by atoms with Gasteiger partial charge >= 0.3 is 0 Å².